The van der Waals surface area contributed by atoms with E-state index in [1.165, 1.54) is 0 Å². The summed E-state index contributed by atoms with van der Waals surface area (Å²) in [6, 6.07) is 1.97. The van der Waals surface area contributed by atoms with Crippen LogP contribution < -0.4 is 5.73 Å². The topological polar surface area (TPSA) is 61.7 Å². The molecule has 1 atom stereocenters. The lowest BCUT2D eigenvalue weighted by atomic mass is 10.2. The van der Waals surface area contributed by atoms with Gasteiger partial charge in [0.15, 0.2) is 0 Å². The molecule has 2 aromatic heterocycles. The van der Waals surface area contributed by atoms with Crippen LogP contribution in [-0.4, -0.2) is 26.1 Å². The Morgan fingerprint density at radius 3 is 2.86 bits per heavy atom. The van der Waals surface area contributed by atoms with Gasteiger partial charge in [0.05, 0.1) is 12.2 Å². The molecule has 0 aliphatic rings. The smallest absolute Gasteiger partial charge is 0.0920 e. The monoisotopic (exact) mass is 191 g/mol. The van der Waals surface area contributed by atoms with E-state index in [1.54, 1.807) is 10.9 Å². The molecule has 1 unspecified atom stereocenters. The molecule has 5 nitrogen and oxygen atoms in total. The second-order valence-corrected chi connectivity index (χ2v) is 3.18. The first kappa shape index (κ1) is 8.96. The van der Waals surface area contributed by atoms with Crippen molar-refractivity contribution < 1.29 is 0 Å². The van der Waals surface area contributed by atoms with Gasteiger partial charge in [-0.25, -0.2) is 0 Å². The quantitative estimate of drug-likeness (QED) is 0.752. The van der Waals surface area contributed by atoms with Crippen LogP contribution in [0.2, 0.25) is 0 Å². The van der Waals surface area contributed by atoms with Gasteiger partial charge in [0.25, 0.3) is 0 Å². The SMILES string of the molecule is Cn1cc(C(CN)n2cccn2)cn1. The van der Waals surface area contributed by atoms with E-state index >= 15 is 0 Å². The molecule has 2 N–H and O–H groups in total. The maximum Gasteiger partial charge on any atom is 0.0920 e. The Labute approximate surface area is 82.1 Å². The molecule has 2 heterocycles. The highest BCUT2D eigenvalue weighted by Crippen LogP contribution is 2.14. The Kier molecular flexibility index (Phi) is 2.32. The number of aromatic nitrogens is 4. The van der Waals surface area contributed by atoms with Gasteiger partial charge in [0, 0.05) is 37.7 Å². The fourth-order valence-corrected chi connectivity index (χ4v) is 1.47. The standard InChI is InChI=1S/C9H13N5/c1-13-7-8(6-12-13)9(5-10)14-4-2-3-11-14/h2-4,6-7,9H,5,10H2,1H3. The molecule has 0 radical (unpaired) electrons. The summed E-state index contributed by atoms with van der Waals surface area (Å²) < 4.78 is 3.61. The van der Waals surface area contributed by atoms with Crippen LogP contribution in [0, 0.1) is 0 Å². The summed E-state index contributed by atoms with van der Waals surface area (Å²) >= 11 is 0. The van der Waals surface area contributed by atoms with Crippen LogP contribution in [0.4, 0.5) is 0 Å². The minimum Gasteiger partial charge on any atom is -0.328 e. The van der Waals surface area contributed by atoms with Crippen molar-refractivity contribution in [1.29, 1.82) is 0 Å². The van der Waals surface area contributed by atoms with E-state index < -0.39 is 0 Å². The third-order valence-corrected chi connectivity index (χ3v) is 2.18. The normalized spacial score (nSPS) is 13.0. The van der Waals surface area contributed by atoms with E-state index in [4.69, 9.17) is 5.73 Å². The Bertz CT molecular complexity index is 389. The first-order valence-corrected chi connectivity index (χ1v) is 4.49. The van der Waals surface area contributed by atoms with Gasteiger partial charge in [-0.15, -0.1) is 0 Å². The summed E-state index contributed by atoms with van der Waals surface area (Å²) in [6.45, 7) is 0.521. The summed E-state index contributed by atoms with van der Waals surface area (Å²) in [4.78, 5) is 0. The van der Waals surface area contributed by atoms with Crippen molar-refractivity contribution >= 4 is 0 Å². The van der Waals surface area contributed by atoms with Crippen molar-refractivity contribution in [2.45, 2.75) is 6.04 Å². The van der Waals surface area contributed by atoms with Gasteiger partial charge < -0.3 is 5.73 Å². The molecule has 0 saturated heterocycles. The lowest BCUT2D eigenvalue weighted by molar-refractivity contribution is 0.531. The molecule has 5 heteroatoms. The first-order chi connectivity index (χ1) is 6.81. The van der Waals surface area contributed by atoms with Crippen LogP contribution >= 0.6 is 0 Å². The second-order valence-electron chi connectivity index (χ2n) is 3.18. The van der Waals surface area contributed by atoms with Gasteiger partial charge in [-0.1, -0.05) is 0 Å². The molecule has 0 saturated carbocycles. The largest absolute Gasteiger partial charge is 0.328 e. The molecule has 2 rings (SSSR count). The first-order valence-electron chi connectivity index (χ1n) is 4.49. The van der Waals surface area contributed by atoms with Gasteiger partial charge in [-0.3, -0.25) is 9.36 Å². The molecule has 0 amide bonds. The maximum atomic E-state index is 5.71. The zero-order chi connectivity index (χ0) is 9.97. The van der Waals surface area contributed by atoms with Crippen LogP contribution in [-0.2, 0) is 7.05 Å². The summed E-state index contributed by atoms with van der Waals surface area (Å²) in [6.07, 6.45) is 7.43. The van der Waals surface area contributed by atoms with Crippen molar-refractivity contribution in [1.82, 2.24) is 19.6 Å². The Morgan fingerprint density at radius 1 is 1.50 bits per heavy atom. The van der Waals surface area contributed by atoms with Crippen molar-refractivity contribution in [2.75, 3.05) is 6.54 Å². The van der Waals surface area contributed by atoms with E-state index in [-0.39, 0.29) is 6.04 Å². The molecular weight excluding hydrogens is 178 g/mol. The minimum atomic E-state index is 0.0821. The number of nitrogens with zero attached hydrogens (tertiary/aromatic N) is 4. The van der Waals surface area contributed by atoms with Crippen molar-refractivity contribution in [2.24, 2.45) is 12.8 Å². The average Bonchev–Trinajstić information content (AvgIpc) is 2.79. The summed E-state index contributed by atoms with van der Waals surface area (Å²) in [5.74, 6) is 0. The van der Waals surface area contributed by atoms with Crippen molar-refractivity contribution in [3.05, 3.63) is 36.4 Å². The number of nitrogens with two attached hydrogens (primary N) is 1. The molecule has 0 aromatic carbocycles. The summed E-state index contributed by atoms with van der Waals surface area (Å²) in [7, 11) is 1.89. The van der Waals surface area contributed by atoms with Crippen LogP contribution in [0.15, 0.2) is 30.9 Å². The number of hydrogen-bond acceptors (Lipinski definition) is 3. The highest BCUT2D eigenvalue weighted by Gasteiger charge is 2.13. The van der Waals surface area contributed by atoms with Gasteiger partial charge in [-0.2, -0.15) is 10.2 Å². The molecule has 14 heavy (non-hydrogen) atoms. The van der Waals surface area contributed by atoms with E-state index in [1.807, 2.05) is 36.4 Å². The zero-order valence-electron chi connectivity index (χ0n) is 8.04. The van der Waals surface area contributed by atoms with E-state index in [2.05, 4.69) is 10.2 Å². The molecule has 0 spiro atoms. The predicted molar refractivity (Wildman–Crippen MR) is 52.6 cm³/mol. The Hall–Kier alpha value is -1.62. The van der Waals surface area contributed by atoms with E-state index in [0.29, 0.717) is 6.54 Å². The predicted octanol–water partition coefficient (Wildman–Crippen LogP) is 0.165. The van der Waals surface area contributed by atoms with E-state index in [0.717, 1.165) is 5.56 Å². The van der Waals surface area contributed by atoms with Gasteiger partial charge >= 0.3 is 0 Å². The summed E-state index contributed by atoms with van der Waals surface area (Å²) in [5.41, 5.74) is 6.79. The van der Waals surface area contributed by atoms with Gasteiger partial charge in [0.1, 0.15) is 0 Å². The maximum absolute atomic E-state index is 5.71. The zero-order valence-corrected chi connectivity index (χ0v) is 8.04. The van der Waals surface area contributed by atoms with Crippen LogP contribution in [0.25, 0.3) is 0 Å². The molecular formula is C9H13N5. The molecule has 0 aliphatic carbocycles. The third-order valence-electron chi connectivity index (χ3n) is 2.18. The highest BCUT2D eigenvalue weighted by atomic mass is 15.3. The molecule has 2 aromatic rings. The van der Waals surface area contributed by atoms with Gasteiger partial charge in [-0.05, 0) is 6.07 Å². The van der Waals surface area contributed by atoms with Crippen LogP contribution in [0.3, 0.4) is 0 Å². The van der Waals surface area contributed by atoms with Crippen LogP contribution in [0.5, 0.6) is 0 Å². The second kappa shape index (κ2) is 3.63. The average molecular weight is 191 g/mol. The molecule has 74 valence electrons. The number of hydrogen-bond donors (Lipinski definition) is 1. The van der Waals surface area contributed by atoms with Crippen molar-refractivity contribution in [3.8, 4) is 0 Å². The molecule has 0 fully saturated rings. The Morgan fingerprint density at radius 2 is 2.36 bits per heavy atom. The molecule has 0 bridgehead atoms. The fourth-order valence-electron chi connectivity index (χ4n) is 1.47. The lowest BCUT2D eigenvalue weighted by Crippen LogP contribution is -2.20. The minimum absolute atomic E-state index is 0.0821. The van der Waals surface area contributed by atoms with Crippen LogP contribution in [0.1, 0.15) is 11.6 Å². The number of rotatable bonds is 3. The van der Waals surface area contributed by atoms with Crippen molar-refractivity contribution in [3.63, 3.8) is 0 Å². The fraction of sp³-hybridized carbons (Fsp3) is 0.333. The third kappa shape index (κ3) is 1.54. The van der Waals surface area contributed by atoms with Gasteiger partial charge in [0.2, 0.25) is 0 Å². The summed E-state index contributed by atoms with van der Waals surface area (Å²) in [5, 5.41) is 8.29. The van der Waals surface area contributed by atoms with E-state index in [9.17, 15) is 0 Å². The number of aryl methyl sites for hydroxylation is 1. The highest BCUT2D eigenvalue weighted by molar-refractivity contribution is 5.12. The Balaban J connectivity index is 2.31. The lowest BCUT2D eigenvalue weighted by Gasteiger charge is -2.12. The molecule has 0 aliphatic heterocycles.